The summed E-state index contributed by atoms with van der Waals surface area (Å²) in [4.78, 5) is 30.2. The normalized spacial score (nSPS) is 18.0. The third-order valence-corrected chi connectivity index (χ3v) is 5.62. The number of primary amides is 1. The van der Waals surface area contributed by atoms with E-state index in [1.165, 1.54) is 17.5 Å². The Labute approximate surface area is 148 Å². The fourth-order valence-electron chi connectivity index (χ4n) is 2.97. The second-order valence-electron chi connectivity index (χ2n) is 6.44. The van der Waals surface area contributed by atoms with Crippen LogP contribution < -0.4 is 5.73 Å². The minimum absolute atomic E-state index is 0.0614. The van der Waals surface area contributed by atoms with Gasteiger partial charge in [0.2, 0.25) is 11.8 Å². The number of thioether (sulfide) groups is 1. The van der Waals surface area contributed by atoms with Gasteiger partial charge in [0.15, 0.2) is 5.16 Å². The second kappa shape index (κ2) is 8.55. The minimum Gasteiger partial charge on any atom is -0.369 e. The lowest BCUT2D eigenvalue weighted by molar-refractivity contribution is -0.132. The summed E-state index contributed by atoms with van der Waals surface area (Å²) in [6, 6.07) is 0. The molecular weight excluding hydrogens is 324 g/mol. The standard InChI is InChI=1S/C17H28N4O2S/c1-4-5-9-21-13(3)12(2)19-17(21)24-11-15(22)20-8-6-7-14(10-20)16(18)23/h14H,4-11H2,1-3H3,(H2,18,23). The molecular formula is C17H28N4O2S. The van der Waals surface area contributed by atoms with E-state index in [-0.39, 0.29) is 17.7 Å². The molecule has 2 rings (SSSR count). The van der Waals surface area contributed by atoms with Gasteiger partial charge in [-0.2, -0.15) is 0 Å². The molecule has 0 radical (unpaired) electrons. The first-order chi connectivity index (χ1) is 11.4. The van der Waals surface area contributed by atoms with E-state index in [9.17, 15) is 9.59 Å². The molecule has 1 unspecified atom stereocenters. The van der Waals surface area contributed by atoms with Gasteiger partial charge in [0.05, 0.1) is 17.4 Å². The lowest BCUT2D eigenvalue weighted by atomic mass is 9.97. The molecule has 0 bridgehead atoms. The van der Waals surface area contributed by atoms with E-state index >= 15 is 0 Å². The zero-order valence-corrected chi connectivity index (χ0v) is 15.7. The van der Waals surface area contributed by atoms with Crippen LogP contribution in [0.4, 0.5) is 0 Å². The average molecular weight is 353 g/mol. The summed E-state index contributed by atoms with van der Waals surface area (Å²) in [6.45, 7) is 8.36. The van der Waals surface area contributed by atoms with Gasteiger partial charge >= 0.3 is 0 Å². The van der Waals surface area contributed by atoms with Crippen molar-refractivity contribution in [3.8, 4) is 0 Å². The van der Waals surface area contributed by atoms with E-state index in [2.05, 4.69) is 23.4 Å². The number of aromatic nitrogens is 2. The van der Waals surface area contributed by atoms with Crippen LogP contribution >= 0.6 is 11.8 Å². The van der Waals surface area contributed by atoms with Gasteiger partial charge in [0.1, 0.15) is 0 Å². The van der Waals surface area contributed by atoms with Crippen molar-refractivity contribution in [1.29, 1.82) is 0 Å². The van der Waals surface area contributed by atoms with Crippen molar-refractivity contribution in [2.75, 3.05) is 18.8 Å². The highest BCUT2D eigenvalue weighted by molar-refractivity contribution is 7.99. The lowest BCUT2D eigenvalue weighted by Crippen LogP contribution is -2.44. The van der Waals surface area contributed by atoms with Crippen LogP contribution in [0.2, 0.25) is 0 Å². The predicted molar refractivity (Wildman–Crippen MR) is 95.8 cm³/mol. The fraction of sp³-hybridized carbons (Fsp3) is 0.706. The lowest BCUT2D eigenvalue weighted by Gasteiger charge is -2.31. The van der Waals surface area contributed by atoms with Crippen LogP contribution in [0.3, 0.4) is 0 Å². The Morgan fingerprint density at radius 1 is 1.38 bits per heavy atom. The summed E-state index contributed by atoms with van der Waals surface area (Å²) in [5.74, 6) is -0.0930. The Morgan fingerprint density at radius 3 is 2.79 bits per heavy atom. The molecule has 1 aromatic heterocycles. The minimum atomic E-state index is -0.304. The van der Waals surface area contributed by atoms with Gasteiger partial charge in [-0.25, -0.2) is 4.98 Å². The molecule has 7 heteroatoms. The number of rotatable bonds is 7. The Balaban J connectivity index is 1.96. The van der Waals surface area contributed by atoms with E-state index in [0.717, 1.165) is 43.1 Å². The summed E-state index contributed by atoms with van der Waals surface area (Å²) >= 11 is 1.49. The SMILES string of the molecule is CCCCn1c(SCC(=O)N2CCCC(C(N)=O)C2)nc(C)c1C. The number of piperidine rings is 1. The van der Waals surface area contributed by atoms with Gasteiger partial charge < -0.3 is 15.2 Å². The maximum atomic E-state index is 12.5. The predicted octanol–water partition coefficient (Wildman–Crippen LogP) is 2.12. The molecule has 134 valence electrons. The van der Waals surface area contributed by atoms with Crippen molar-refractivity contribution in [3.63, 3.8) is 0 Å². The van der Waals surface area contributed by atoms with Gasteiger partial charge in [0.25, 0.3) is 0 Å². The Kier molecular flexibility index (Phi) is 6.71. The molecule has 6 nitrogen and oxygen atoms in total. The Bertz CT molecular complexity index is 600. The summed E-state index contributed by atoms with van der Waals surface area (Å²) < 4.78 is 2.21. The van der Waals surface area contributed by atoms with Crippen LogP contribution in [0.25, 0.3) is 0 Å². The molecule has 2 amide bonds. The first-order valence-electron chi connectivity index (χ1n) is 8.67. The van der Waals surface area contributed by atoms with Crippen LogP contribution in [0, 0.1) is 19.8 Å². The van der Waals surface area contributed by atoms with Crippen LogP contribution in [0.15, 0.2) is 5.16 Å². The number of hydrogen-bond acceptors (Lipinski definition) is 4. The van der Waals surface area contributed by atoms with Crippen molar-refractivity contribution in [1.82, 2.24) is 14.5 Å². The van der Waals surface area contributed by atoms with E-state index in [0.29, 0.717) is 18.8 Å². The molecule has 2 heterocycles. The Morgan fingerprint density at radius 2 is 2.12 bits per heavy atom. The zero-order chi connectivity index (χ0) is 17.7. The molecule has 1 fully saturated rings. The maximum Gasteiger partial charge on any atom is 0.233 e. The van der Waals surface area contributed by atoms with Crippen LogP contribution in [0.5, 0.6) is 0 Å². The molecule has 1 aliphatic heterocycles. The summed E-state index contributed by atoms with van der Waals surface area (Å²) in [5, 5.41) is 0.912. The number of hydrogen-bond donors (Lipinski definition) is 1. The van der Waals surface area contributed by atoms with E-state index in [1.807, 2.05) is 6.92 Å². The first kappa shape index (κ1) is 18.8. The molecule has 0 aromatic carbocycles. The number of carbonyl (C=O) groups excluding carboxylic acids is 2. The molecule has 0 saturated carbocycles. The van der Waals surface area contributed by atoms with E-state index in [1.54, 1.807) is 4.90 Å². The molecule has 1 aromatic rings. The molecule has 1 aliphatic rings. The Hall–Kier alpha value is -1.50. The quantitative estimate of drug-likeness (QED) is 0.762. The number of amides is 2. The highest BCUT2D eigenvalue weighted by Crippen LogP contribution is 2.23. The largest absolute Gasteiger partial charge is 0.369 e. The summed E-state index contributed by atoms with van der Waals surface area (Å²) in [7, 11) is 0. The third kappa shape index (κ3) is 4.53. The smallest absolute Gasteiger partial charge is 0.233 e. The van der Waals surface area contributed by atoms with Gasteiger partial charge in [-0.15, -0.1) is 0 Å². The van der Waals surface area contributed by atoms with Crippen molar-refractivity contribution < 1.29 is 9.59 Å². The van der Waals surface area contributed by atoms with Gasteiger partial charge in [0, 0.05) is 25.3 Å². The number of carbonyl (C=O) groups is 2. The number of unbranched alkanes of at least 4 members (excludes halogenated alkanes) is 1. The van der Waals surface area contributed by atoms with Crippen LogP contribution in [0.1, 0.15) is 44.0 Å². The fourth-order valence-corrected chi connectivity index (χ4v) is 3.99. The first-order valence-corrected chi connectivity index (χ1v) is 9.66. The van der Waals surface area contributed by atoms with Crippen LogP contribution in [-0.2, 0) is 16.1 Å². The number of likely N-dealkylation sites (tertiary alicyclic amines) is 1. The summed E-state index contributed by atoms with van der Waals surface area (Å²) in [6.07, 6.45) is 3.85. The van der Waals surface area contributed by atoms with Crippen LogP contribution in [-0.4, -0.2) is 45.1 Å². The van der Waals surface area contributed by atoms with Crippen molar-refractivity contribution in [3.05, 3.63) is 11.4 Å². The number of nitrogens with zero attached hydrogens (tertiary/aromatic N) is 3. The maximum absolute atomic E-state index is 12.5. The topological polar surface area (TPSA) is 81.2 Å². The molecule has 0 spiro atoms. The number of imidazole rings is 1. The van der Waals surface area contributed by atoms with Crippen molar-refractivity contribution in [2.45, 2.75) is 58.2 Å². The molecule has 0 aliphatic carbocycles. The van der Waals surface area contributed by atoms with Gasteiger partial charge in [-0.05, 0) is 33.1 Å². The third-order valence-electron chi connectivity index (χ3n) is 4.66. The number of aryl methyl sites for hydroxylation is 1. The van der Waals surface area contributed by atoms with Crippen molar-refractivity contribution in [2.24, 2.45) is 11.7 Å². The number of nitrogens with two attached hydrogens (primary N) is 1. The molecule has 2 N–H and O–H groups in total. The summed E-state index contributed by atoms with van der Waals surface area (Å²) in [5.41, 5.74) is 7.58. The monoisotopic (exact) mass is 352 g/mol. The van der Waals surface area contributed by atoms with Gasteiger partial charge in [-0.3, -0.25) is 9.59 Å². The molecule has 1 saturated heterocycles. The average Bonchev–Trinajstić information content (AvgIpc) is 2.85. The highest BCUT2D eigenvalue weighted by Gasteiger charge is 2.27. The van der Waals surface area contributed by atoms with Gasteiger partial charge in [-0.1, -0.05) is 25.1 Å². The van der Waals surface area contributed by atoms with E-state index in [4.69, 9.17) is 5.73 Å². The molecule has 1 atom stereocenters. The second-order valence-corrected chi connectivity index (χ2v) is 7.38. The van der Waals surface area contributed by atoms with Crippen molar-refractivity contribution >= 4 is 23.6 Å². The molecule has 24 heavy (non-hydrogen) atoms. The van der Waals surface area contributed by atoms with E-state index < -0.39 is 0 Å². The zero-order valence-electron chi connectivity index (χ0n) is 14.9. The highest BCUT2D eigenvalue weighted by atomic mass is 32.2.